The van der Waals surface area contributed by atoms with Crippen molar-refractivity contribution in [3.63, 3.8) is 0 Å². The fourth-order valence-corrected chi connectivity index (χ4v) is 1.63. The van der Waals surface area contributed by atoms with Crippen molar-refractivity contribution in [2.45, 2.75) is 13.8 Å². The molecule has 120 valence electrons. The number of rotatable bonds is 7. The van der Waals surface area contributed by atoms with E-state index in [1.165, 1.54) is 32.4 Å². The van der Waals surface area contributed by atoms with Crippen LogP contribution in [-0.2, 0) is 9.53 Å². The largest absolute Gasteiger partial charge is 0.493 e. The minimum absolute atomic E-state index is 0.189. The molecule has 0 atom stereocenters. The first-order valence-corrected chi connectivity index (χ1v) is 6.64. The van der Waals surface area contributed by atoms with Gasteiger partial charge in [0.05, 0.1) is 37.4 Å². The molecule has 0 saturated carbocycles. The fourth-order valence-electron chi connectivity index (χ4n) is 1.63. The van der Waals surface area contributed by atoms with Crippen molar-refractivity contribution >= 4 is 17.7 Å². The number of hydrogen-bond acceptors (Lipinski definition) is 6. The summed E-state index contributed by atoms with van der Waals surface area (Å²) in [5.41, 5.74) is 0.0368. The minimum Gasteiger partial charge on any atom is -0.493 e. The number of hydrogen-bond donors (Lipinski definition) is 0. The number of ether oxygens (including phenoxy) is 3. The van der Waals surface area contributed by atoms with Crippen LogP contribution in [0.25, 0.3) is 6.08 Å². The highest BCUT2D eigenvalue weighted by molar-refractivity contribution is 5.88. The Morgan fingerprint density at radius 2 is 1.86 bits per heavy atom. The van der Waals surface area contributed by atoms with Crippen LogP contribution in [0.1, 0.15) is 19.4 Å². The average molecular weight is 309 g/mol. The van der Waals surface area contributed by atoms with Crippen LogP contribution in [0, 0.1) is 16.0 Å². The maximum atomic E-state index is 11.5. The van der Waals surface area contributed by atoms with Crippen molar-refractivity contribution in [3.05, 3.63) is 33.9 Å². The molecule has 22 heavy (non-hydrogen) atoms. The van der Waals surface area contributed by atoms with Crippen LogP contribution in [-0.4, -0.2) is 31.7 Å². The third kappa shape index (κ3) is 4.76. The van der Waals surface area contributed by atoms with Crippen LogP contribution in [0.4, 0.5) is 5.69 Å². The van der Waals surface area contributed by atoms with Gasteiger partial charge in [0.25, 0.3) is 5.69 Å². The Labute approximate surface area is 128 Å². The smallest absolute Gasteiger partial charge is 0.330 e. The summed E-state index contributed by atoms with van der Waals surface area (Å²) in [6.07, 6.45) is 2.47. The van der Waals surface area contributed by atoms with E-state index in [1.807, 2.05) is 13.8 Å². The van der Waals surface area contributed by atoms with Gasteiger partial charge in [0.15, 0.2) is 11.5 Å². The van der Waals surface area contributed by atoms with Crippen molar-refractivity contribution < 1.29 is 23.9 Å². The first-order valence-electron chi connectivity index (χ1n) is 6.64. The Kier molecular flexibility index (Phi) is 6.37. The van der Waals surface area contributed by atoms with Gasteiger partial charge >= 0.3 is 5.97 Å². The Morgan fingerprint density at radius 3 is 2.36 bits per heavy atom. The molecule has 7 heteroatoms. The fraction of sp³-hybridized carbons (Fsp3) is 0.400. The lowest BCUT2D eigenvalue weighted by Crippen LogP contribution is -2.07. The molecular weight excluding hydrogens is 290 g/mol. The molecule has 0 aliphatic carbocycles. The summed E-state index contributed by atoms with van der Waals surface area (Å²) in [5, 5.41) is 11.1. The van der Waals surface area contributed by atoms with E-state index in [2.05, 4.69) is 0 Å². The molecule has 0 aliphatic heterocycles. The molecule has 0 aromatic heterocycles. The van der Waals surface area contributed by atoms with E-state index in [9.17, 15) is 14.9 Å². The Hall–Kier alpha value is -2.57. The van der Waals surface area contributed by atoms with Crippen LogP contribution in [0.5, 0.6) is 11.5 Å². The van der Waals surface area contributed by atoms with Crippen LogP contribution in [0.3, 0.4) is 0 Å². The van der Waals surface area contributed by atoms with Gasteiger partial charge in [0, 0.05) is 6.08 Å². The minimum atomic E-state index is -0.558. The summed E-state index contributed by atoms with van der Waals surface area (Å²) < 4.78 is 15.1. The summed E-state index contributed by atoms with van der Waals surface area (Å²) in [4.78, 5) is 22.1. The highest BCUT2D eigenvalue weighted by atomic mass is 16.6. The van der Waals surface area contributed by atoms with Gasteiger partial charge in [-0.25, -0.2) is 4.79 Å². The van der Waals surface area contributed by atoms with Crippen molar-refractivity contribution in [1.82, 2.24) is 0 Å². The number of nitro groups is 1. The molecule has 0 aliphatic rings. The zero-order valence-electron chi connectivity index (χ0n) is 13.0. The summed E-state index contributed by atoms with van der Waals surface area (Å²) in [5.74, 6) is 0.239. The van der Waals surface area contributed by atoms with E-state index in [0.29, 0.717) is 5.75 Å². The lowest BCUT2D eigenvalue weighted by molar-refractivity contribution is -0.385. The van der Waals surface area contributed by atoms with Gasteiger partial charge in [0.2, 0.25) is 0 Å². The van der Waals surface area contributed by atoms with Crippen molar-refractivity contribution in [2.75, 3.05) is 20.8 Å². The van der Waals surface area contributed by atoms with Gasteiger partial charge in [0.1, 0.15) is 0 Å². The molecule has 0 saturated heterocycles. The lowest BCUT2D eigenvalue weighted by atomic mass is 10.1. The summed E-state index contributed by atoms with van der Waals surface area (Å²) in [7, 11) is 2.81. The van der Waals surface area contributed by atoms with Gasteiger partial charge in [-0.15, -0.1) is 0 Å². The normalized spacial score (nSPS) is 10.8. The number of carbonyl (C=O) groups is 1. The summed E-state index contributed by atoms with van der Waals surface area (Å²) in [6, 6.07) is 2.68. The predicted molar refractivity (Wildman–Crippen MR) is 81.0 cm³/mol. The predicted octanol–water partition coefficient (Wildman–Crippen LogP) is 2.82. The van der Waals surface area contributed by atoms with Crippen molar-refractivity contribution in [2.24, 2.45) is 5.92 Å². The summed E-state index contributed by atoms with van der Waals surface area (Å²) in [6.45, 7) is 4.11. The number of nitrogens with zero attached hydrogens (tertiary/aromatic N) is 1. The molecule has 0 spiro atoms. The standard InChI is InChI=1S/C15H19NO6/c1-10(2)9-22-15(17)6-5-11-7-13(20-3)14(21-4)8-12(11)16(18)19/h5-8,10H,9H2,1-4H3/b6-5+. The molecule has 7 nitrogen and oxygen atoms in total. The number of benzene rings is 1. The molecular formula is C15H19NO6. The highest BCUT2D eigenvalue weighted by Gasteiger charge is 2.18. The van der Waals surface area contributed by atoms with Gasteiger partial charge < -0.3 is 14.2 Å². The zero-order valence-corrected chi connectivity index (χ0v) is 13.0. The zero-order chi connectivity index (χ0) is 16.7. The third-order valence-corrected chi connectivity index (χ3v) is 2.69. The van der Waals surface area contributed by atoms with E-state index < -0.39 is 10.9 Å². The number of carbonyl (C=O) groups excluding carboxylic acids is 1. The maximum Gasteiger partial charge on any atom is 0.330 e. The van der Waals surface area contributed by atoms with Crippen molar-refractivity contribution in [1.29, 1.82) is 0 Å². The second-order valence-corrected chi connectivity index (χ2v) is 4.88. The average Bonchev–Trinajstić information content (AvgIpc) is 2.49. The summed E-state index contributed by atoms with van der Waals surface area (Å²) >= 11 is 0. The molecule has 0 heterocycles. The second kappa shape index (κ2) is 8.02. The first-order chi connectivity index (χ1) is 10.4. The van der Waals surface area contributed by atoms with E-state index in [0.717, 1.165) is 6.08 Å². The van der Waals surface area contributed by atoms with E-state index >= 15 is 0 Å². The van der Waals surface area contributed by atoms with E-state index in [4.69, 9.17) is 14.2 Å². The number of nitro benzene ring substituents is 1. The Balaban J connectivity index is 3.06. The van der Waals surface area contributed by atoms with E-state index in [-0.39, 0.29) is 29.5 Å². The van der Waals surface area contributed by atoms with Gasteiger partial charge in [-0.05, 0) is 18.1 Å². The van der Waals surface area contributed by atoms with E-state index in [1.54, 1.807) is 0 Å². The molecule has 1 rings (SSSR count). The van der Waals surface area contributed by atoms with Crippen LogP contribution < -0.4 is 9.47 Å². The first kappa shape index (κ1) is 17.5. The topological polar surface area (TPSA) is 87.9 Å². The Morgan fingerprint density at radius 1 is 1.27 bits per heavy atom. The van der Waals surface area contributed by atoms with Gasteiger partial charge in [-0.1, -0.05) is 13.8 Å². The molecule has 1 aromatic rings. The maximum absolute atomic E-state index is 11.5. The molecule has 0 fully saturated rings. The molecule has 0 amide bonds. The number of esters is 1. The molecule has 1 aromatic carbocycles. The van der Waals surface area contributed by atoms with Crippen molar-refractivity contribution in [3.8, 4) is 11.5 Å². The second-order valence-electron chi connectivity index (χ2n) is 4.88. The SMILES string of the molecule is COc1cc(/C=C/C(=O)OCC(C)C)c([N+](=O)[O-])cc1OC. The quantitative estimate of drug-likeness (QED) is 0.333. The third-order valence-electron chi connectivity index (χ3n) is 2.69. The lowest BCUT2D eigenvalue weighted by Gasteiger charge is -2.08. The van der Waals surface area contributed by atoms with Crippen LogP contribution in [0.2, 0.25) is 0 Å². The van der Waals surface area contributed by atoms with Crippen LogP contribution >= 0.6 is 0 Å². The molecule has 0 unspecified atom stereocenters. The van der Waals surface area contributed by atoms with Gasteiger partial charge in [-0.2, -0.15) is 0 Å². The monoisotopic (exact) mass is 309 g/mol. The Bertz CT molecular complexity index is 580. The van der Waals surface area contributed by atoms with Crippen LogP contribution in [0.15, 0.2) is 18.2 Å². The number of methoxy groups -OCH3 is 2. The molecule has 0 radical (unpaired) electrons. The molecule has 0 N–H and O–H groups in total. The highest BCUT2D eigenvalue weighted by Crippen LogP contribution is 2.35. The molecule has 0 bridgehead atoms. The van der Waals surface area contributed by atoms with Gasteiger partial charge in [-0.3, -0.25) is 10.1 Å².